The van der Waals surface area contributed by atoms with E-state index in [-0.39, 0.29) is 25.0 Å². The van der Waals surface area contributed by atoms with E-state index in [1.807, 2.05) is 48.5 Å². The van der Waals surface area contributed by atoms with Crippen molar-refractivity contribution in [3.8, 4) is 11.5 Å². The predicted octanol–water partition coefficient (Wildman–Crippen LogP) is 5.97. The fourth-order valence-electron chi connectivity index (χ4n) is 3.23. The minimum absolute atomic E-state index is 0.0883. The summed E-state index contributed by atoms with van der Waals surface area (Å²) in [4.78, 5) is 24.4. The van der Waals surface area contributed by atoms with Gasteiger partial charge in [0.2, 0.25) is 0 Å². The van der Waals surface area contributed by atoms with Crippen LogP contribution in [0.5, 0.6) is 11.5 Å². The van der Waals surface area contributed by atoms with Gasteiger partial charge in [-0.3, -0.25) is 9.59 Å². The van der Waals surface area contributed by atoms with Gasteiger partial charge in [0, 0.05) is 11.4 Å². The average molecular weight is 461 g/mol. The van der Waals surface area contributed by atoms with E-state index < -0.39 is 0 Å². The van der Waals surface area contributed by atoms with E-state index in [2.05, 4.69) is 38.3 Å². The van der Waals surface area contributed by atoms with Gasteiger partial charge in [0.05, 0.1) is 0 Å². The van der Waals surface area contributed by atoms with Crippen molar-refractivity contribution in [2.45, 2.75) is 39.5 Å². The molecule has 178 valence electrons. The van der Waals surface area contributed by atoms with Gasteiger partial charge >= 0.3 is 0 Å². The van der Waals surface area contributed by atoms with Crippen LogP contribution in [-0.2, 0) is 9.59 Å². The number of carbonyl (C=O) groups excluding carboxylic acids is 2. The molecule has 0 atom stereocenters. The van der Waals surface area contributed by atoms with Crippen LogP contribution in [0.2, 0.25) is 0 Å². The van der Waals surface area contributed by atoms with E-state index in [1.165, 1.54) is 11.1 Å². The summed E-state index contributed by atoms with van der Waals surface area (Å²) in [7, 11) is 0. The highest BCUT2D eigenvalue weighted by Crippen LogP contribution is 2.20. The Balaban J connectivity index is 1.41. The van der Waals surface area contributed by atoms with E-state index in [0.29, 0.717) is 34.7 Å². The first-order valence-corrected chi connectivity index (χ1v) is 11.5. The molecule has 0 unspecified atom stereocenters. The number of carbonyl (C=O) groups is 2. The Labute approximate surface area is 201 Å². The van der Waals surface area contributed by atoms with E-state index in [0.717, 1.165) is 0 Å². The number of nitrogens with one attached hydrogen (secondary N) is 2. The molecule has 3 aromatic carbocycles. The molecule has 6 nitrogen and oxygen atoms in total. The maximum absolute atomic E-state index is 12.2. The van der Waals surface area contributed by atoms with Gasteiger partial charge in [-0.15, -0.1) is 0 Å². The molecule has 0 aromatic heterocycles. The highest BCUT2D eigenvalue weighted by atomic mass is 16.5. The number of rotatable bonds is 10. The van der Waals surface area contributed by atoms with Gasteiger partial charge in [0.1, 0.15) is 11.5 Å². The summed E-state index contributed by atoms with van der Waals surface area (Å²) >= 11 is 0. The second-order valence-corrected chi connectivity index (χ2v) is 8.70. The Morgan fingerprint density at radius 3 is 1.21 bits per heavy atom. The first-order valence-electron chi connectivity index (χ1n) is 11.5. The Bertz CT molecular complexity index is 984. The SMILES string of the molecule is CC(C)c1ccc(OCC(=O)Nc2ccc(NC(=O)COc3ccc(C(C)C)cc3)cc2)cc1. The van der Waals surface area contributed by atoms with Gasteiger partial charge in [-0.2, -0.15) is 0 Å². The van der Waals surface area contributed by atoms with Crippen LogP contribution >= 0.6 is 0 Å². The highest BCUT2D eigenvalue weighted by molar-refractivity contribution is 5.94. The molecule has 2 N–H and O–H groups in total. The van der Waals surface area contributed by atoms with Crippen LogP contribution in [0.1, 0.15) is 50.7 Å². The van der Waals surface area contributed by atoms with Gasteiger partial charge in [0.25, 0.3) is 11.8 Å². The third kappa shape index (κ3) is 7.66. The minimum atomic E-state index is -0.262. The lowest BCUT2D eigenvalue weighted by Crippen LogP contribution is -2.21. The maximum Gasteiger partial charge on any atom is 0.262 e. The lowest BCUT2D eigenvalue weighted by atomic mass is 10.0. The molecular weight excluding hydrogens is 428 g/mol. The van der Waals surface area contributed by atoms with Crippen LogP contribution in [0, 0.1) is 0 Å². The van der Waals surface area contributed by atoms with Gasteiger partial charge in [-0.05, 0) is 71.5 Å². The van der Waals surface area contributed by atoms with Gasteiger partial charge < -0.3 is 20.1 Å². The monoisotopic (exact) mass is 460 g/mol. The summed E-state index contributed by atoms with van der Waals surface area (Å²) in [5, 5.41) is 5.56. The van der Waals surface area contributed by atoms with Crippen molar-refractivity contribution in [3.63, 3.8) is 0 Å². The molecule has 0 radical (unpaired) electrons. The summed E-state index contributed by atoms with van der Waals surface area (Å²) in [6.07, 6.45) is 0. The van der Waals surface area contributed by atoms with Crippen molar-refractivity contribution >= 4 is 23.2 Å². The molecule has 0 saturated carbocycles. The number of hydrogen-bond donors (Lipinski definition) is 2. The highest BCUT2D eigenvalue weighted by Gasteiger charge is 2.07. The Morgan fingerprint density at radius 2 is 0.912 bits per heavy atom. The van der Waals surface area contributed by atoms with Gasteiger partial charge in [-0.1, -0.05) is 52.0 Å². The molecule has 34 heavy (non-hydrogen) atoms. The Hall–Kier alpha value is -3.80. The van der Waals surface area contributed by atoms with E-state index >= 15 is 0 Å². The molecule has 0 aliphatic heterocycles. The summed E-state index contributed by atoms with van der Waals surface area (Å²) in [6, 6.07) is 22.3. The first kappa shape index (κ1) is 24.8. The number of hydrogen-bond acceptors (Lipinski definition) is 4. The summed E-state index contributed by atoms with van der Waals surface area (Å²) in [5.41, 5.74) is 3.66. The molecule has 0 heterocycles. The fraction of sp³-hybridized carbons (Fsp3) is 0.286. The molecule has 0 spiro atoms. The average Bonchev–Trinajstić information content (AvgIpc) is 2.83. The van der Waals surface area contributed by atoms with Crippen LogP contribution in [0.25, 0.3) is 0 Å². The molecule has 2 amide bonds. The van der Waals surface area contributed by atoms with E-state index in [9.17, 15) is 9.59 Å². The quantitative estimate of drug-likeness (QED) is 0.391. The van der Waals surface area contributed by atoms with Crippen molar-refractivity contribution in [3.05, 3.63) is 83.9 Å². The van der Waals surface area contributed by atoms with Crippen LogP contribution < -0.4 is 20.1 Å². The summed E-state index contributed by atoms with van der Waals surface area (Å²) in [5.74, 6) is 1.66. The Morgan fingerprint density at radius 1 is 0.588 bits per heavy atom. The summed E-state index contributed by atoms with van der Waals surface area (Å²) in [6.45, 7) is 8.33. The molecule has 0 saturated heterocycles. The minimum Gasteiger partial charge on any atom is -0.484 e. The molecule has 0 fully saturated rings. The van der Waals surface area contributed by atoms with Crippen molar-refractivity contribution < 1.29 is 19.1 Å². The lowest BCUT2D eigenvalue weighted by molar-refractivity contribution is -0.118. The second-order valence-electron chi connectivity index (χ2n) is 8.70. The summed E-state index contributed by atoms with van der Waals surface area (Å²) < 4.78 is 11.1. The zero-order valence-corrected chi connectivity index (χ0v) is 20.1. The zero-order chi connectivity index (χ0) is 24.5. The zero-order valence-electron chi connectivity index (χ0n) is 20.1. The van der Waals surface area contributed by atoms with Crippen molar-refractivity contribution in [1.82, 2.24) is 0 Å². The number of benzene rings is 3. The first-order chi connectivity index (χ1) is 16.3. The molecular formula is C28H32N2O4. The predicted molar refractivity (Wildman–Crippen MR) is 136 cm³/mol. The second kappa shape index (κ2) is 11.9. The largest absolute Gasteiger partial charge is 0.484 e. The number of amides is 2. The standard InChI is InChI=1S/C28H32N2O4/c1-19(2)21-5-13-25(14-6-21)33-17-27(31)29-23-9-11-24(12-10-23)30-28(32)18-34-26-15-7-22(8-16-26)20(3)4/h5-16,19-20H,17-18H2,1-4H3,(H,29,31)(H,30,32). The van der Waals surface area contributed by atoms with Gasteiger partial charge in [-0.25, -0.2) is 0 Å². The van der Waals surface area contributed by atoms with E-state index in [1.54, 1.807) is 24.3 Å². The smallest absolute Gasteiger partial charge is 0.262 e. The topological polar surface area (TPSA) is 76.7 Å². The Kier molecular flexibility index (Phi) is 8.68. The van der Waals surface area contributed by atoms with E-state index in [4.69, 9.17) is 9.47 Å². The maximum atomic E-state index is 12.2. The lowest BCUT2D eigenvalue weighted by Gasteiger charge is -2.11. The van der Waals surface area contributed by atoms with Crippen molar-refractivity contribution in [2.75, 3.05) is 23.8 Å². The fourth-order valence-corrected chi connectivity index (χ4v) is 3.23. The van der Waals surface area contributed by atoms with Crippen LogP contribution in [0.4, 0.5) is 11.4 Å². The van der Waals surface area contributed by atoms with Crippen molar-refractivity contribution in [2.24, 2.45) is 0 Å². The normalized spacial score (nSPS) is 10.8. The molecule has 3 rings (SSSR count). The number of anilines is 2. The third-order valence-corrected chi connectivity index (χ3v) is 5.29. The van der Waals surface area contributed by atoms with Crippen molar-refractivity contribution in [1.29, 1.82) is 0 Å². The number of ether oxygens (including phenoxy) is 2. The molecule has 0 aliphatic carbocycles. The molecule has 6 heteroatoms. The van der Waals surface area contributed by atoms with Crippen LogP contribution in [0.3, 0.4) is 0 Å². The van der Waals surface area contributed by atoms with Crippen LogP contribution in [-0.4, -0.2) is 25.0 Å². The van der Waals surface area contributed by atoms with Crippen LogP contribution in [0.15, 0.2) is 72.8 Å². The van der Waals surface area contributed by atoms with Gasteiger partial charge in [0.15, 0.2) is 13.2 Å². The molecule has 3 aromatic rings. The third-order valence-electron chi connectivity index (χ3n) is 5.29. The molecule has 0 aliphatic rings. The molecule has 0 bridgehead atoms.